The van der Waals surface area contributed by atoms with Gasteiger partial charge in [-0.1, -0.05) is 43.9 Å². The molecule has 0 aromatic rings. The lowest BCUT2D eigenvalue weighted by Crippen LogP contribution is -2.07. The molecule has 0 saturated heterocycles. The summed E-state index contributed by atoms with van der Waals surface area (Å²) in [6, 6.07) is 0. The Balaban J connectivity index is 2.01. The Bertz CT molecular complexity index is 139. The largest absolute Gasteiger partial charge is 0.288 e. The lowest BCUT2D eigenvalue weighted by atomic mass is 9.88. The van der Waals surface area contributed by atoms with E-state index >= 15 is 0 Å². The molecule has 0 radical (unpaired) electrons. The minimum absolute atomic E-state index is 0.269. The van der Waals surface area contributed by atoms with Crippen LogP contribution in [-0.2, 0) is 4.79 Å². The normalized spacial score (nSPS) is 19.4. The van der Waals surface area contributed by atoms with Gasteiger partial charge in [0.15, 0.2) is 5.12 Å². The van der Waals surface area contributed by atoms with Crippen molar-refractivity contribution in [2.75, 3.05) is 5.75 Å². The first-order valence-electron chi connectivity index (χ1n) is 4.92. The third-order valence-electron chi connectivity index (χ3n) is 2.56. The van der Waals surface area contributed by atoms with Crippen LogP contribution in [0.1, 0.15) is 45.4 Å². The fraction of sp³-hybridized carbons (Fsp3) is 0.900. The molecule has 1 fully saturated rings. The van der Waals surface area contributed by atoms with Crippen molar-refractivity contribution in [3.05, 3.63) is 0 Å². The van der Waals surface area contributed by atoms with Crippen LogP contribution in [0.4, 0.5) is 0 Å². The average molecular weight is 186 g/mol. The molecule has 0 N–H and O–H groups in total. The summed E-state index contributed by atoms with van der Waals surface area (Å²) in [5, 5.41) is 0.269. The summed E-state index contributed by atoms with van der Waals surface area (Å²) in [6.45, 7) is 1.66. The Hall–Kier alpha value is 0.0200. The van der Waals surface area contributed by atoms with Gasteiger partial charge in [0.05, 0.1) is 0 Å². The van der Waals surface area contributed by atoms with Crippen LogP contribution in [0.25, 0.3) is 0 Å². The van der Waals surface area contributed by atoms with Crippen molar-refractivity contribution in [1.29, 1.82) is 0 Å². The molecule has 0 heterocycles. The quantitative estimate of drug-likeness (QED) is 0.673. The third kappa shape index (κ3) is 4.15. The molecule has 70 valence electrons. The number of carbonyl (C=O) groups excluding carboxylic acids is 1. The topological polar surface area (TPSA) is 17.1 Å². The molecule has 2 heteroatoms. The highest BCUT2D eigenvalue weighted by molar-refractivity contribution is 8.13. The van der Waals surface area contributed by atoms with Crippen LogP contribution in [0.15, 0.2) is 0 Å². The van der Waals surface area contributed by atoms with Gasteiger partial charge in [0.2, 0.25) is 0 Å². The summed E-state index contributed by atoms with van der Waals surface area (Å²) in [5.74, 6) is 1.96. The van der Waals surface area contributed by atoms with E-state index in [2.05, 4.69) is 0 Å². The molecule has 1 aliphatic carbocycles. The van der Waals surface area contributed by atoms with Gasteiger partial charge in [0, 0.05) is 12.7 Å². The molecule has 0 aromatic heterocycles. The Morgan fingerprint density at radius 3 is 2.58 bits per heavy atom. The second-order valence-electron chi connectivity index (χ2n) is 3.63. The van der Waals surface area contributed by atoms with Gasteiger partial charge in [-0.3, -0.25) is 4.79 Å². The molecule has 0 amide bonds. The van der Waals surface area contributed by atoms with Gasteiger partial charge in [-0.2, -0.15) is 0 Å². The smallest absolute Gasteiger partial charge is 0.185 e. The van der Waals surface area contributed by atoms with Crippen molar-refractivity contribution < 1.29 is 4.79 Å². The van der Waals surface area contributed by atoms with Crippen LogP contribution in [0.3, 0.4) is 0 Å². The molecule has 0 unspecified atom stereocenters. The van der Waals surface area contributed by atoms with E-state index in [1.54, 1.807) is 6.92 Å². The summed E-state index contributed by atoms with van der Waals surface area (Å²) in [7, 11) is 0. The summed E-state index contributed by atoms with van der Waals surface area (Å²) < 4.78 is 0. The molecule has 0 aliphatic heterocycles. The molecule has 0 atom stereocenters. The zero-order valence-electron chi connectivity index (χ0n) is 7.84. The first kappa shape index (κ1) is 10.1. The van der Waals surface area contributed by atoms with Crippen LogP contribution >= 0.6 is 11.8 Å². The van der Waals surface area contributed by atoms with Crippen molar-refractivity contribution >= 4 is 16.9 Å². The van der Waals surface area contributed by atoms with E-state index in [4.69, 9.17) is 0 Å². The molecule has 1 saturated carbocycles. The SMILES string of the molecule is CC(=O)SCCC1CCCCC1. The Kier molecular flexibility index (Phi) is 4.74. The molecular weight excluding hydrogens is 168 g/mol. The predicted molar refractivity (Wildman–Crippen MR) is 54.3 cm³/mol. The van der Waals surface area contributed by atoms with E-state index in [1.165, 1.54) is 50.3 Å². The van der Waals surface area contributed by atoms with Crippen LogP contribution < -0.4 is 0 Å². The van der Waals surface area contributed by atoms with Gasteiger partial charge in [-0.05, 0) is 12.3 Å². The summed E-state index contributed by atoms with van der Waals surface area (Å²) >= 11 is 1.49. The highest BCUT2D eigenvalue weighted by Gasteiger charge is 2.12. The van der Waals surface area contributed by atoms with Crippen molar-refractivity contribution in [2.24, 2.45) is 5.92 Å². The standard InChI is InChI=1S/C10H18OS/c1-9(11)12-8-7-10-5-3-2-4-6-10/h10H,2-8H2,1H3. The third-order valence-corrected chi connectivity index (χ3v) is 3.40. The number of hydrogen-bond donors (Lipinski definition) is 0. The fourth-order valence-electron chi connectivity index (χ4n) is 1.85. The number of hydrogen-bond acceptors (Lipinski definition) is 2. The van der Waals surface area contributed by atoms with Gasteiger partial charge in [-0.25, -0.2) is 0 Å². The maximum Gasteiger partial charge on any atom is 0.185 e. The van der Waals surface area contributed by atoms with Gasteiger partial charge in [0.1, 0.15) is 0 Å². The number of rotatable bonds is 3. The summed E-state index contributed by atoms with van der Waals surface area (Å²) in [5.41, 5.74) is 0. The van der Waals surface area contributed by atoms with E-state index < -0.39 is 0 Å². The second kappa shape index (κ2) is 5.63. The Morgan fingerprint density at radius 1 is 1.33 bits per heavy atom. The summed E-state index contributed by atoms with van der Waals surface area (Å²) in [6.07, 6.45) is 8.31. The maximum absolute atomic E-state index is 10.6. The van der Waals surface area contributed by atoms with Crippen molar-refractivity contribution in [3.8, 4) is 0 Å². The van der Waals surface area contributed by atoms with Crippen molar-refractivity contribution in [2.45, 2.75) is 45.4 Å². The molecule has 1 nitrogen and oxygen atoms in total. The first-order chi connectivity index (χ1) is 5.79. The van der Waals surface area contributed by atoms with E-state index in [-0.39, 0.29) is 5.12 Å². The van der Waals surface area contributed by atoms with Crippen LogP contribution in [0.5, 0.6) is 0 Å². The van der Waals surface area contributed by atoms with Crippen LogP contribution in [0, 0.1) is 5.92 Å². The maximum atomic E-state index is 10.6. The second-order valence-corrected chi connectivity index (χ2v) is 4.90. The molecule has 12 heavy (non-hydrogen) atoms. The zero-order valence-corrected chi connectivity index (χ0v) is 8.66. The minimum atomic E-state index is 0.269. The minimum Gasteiger partial charge on any atom is -0.288 e. The number of thioether (sulfide) groups is 1. The molecule has 1 rings (SSSR count). The van der Waals surface area contributed by atoms with Gasteiger partial charge in [-0.15, -0.1) is 0 Å². The molecule has 0 bridgehead atoms. The van der Waals surface area contributed by atoms with E-state index in [0.29, 0.717) is 0 Å². The van der Waals surface area contributed by atoms with E-state index in [1.807, 2.05) is 0 Å². The molecule has 1 aliphatic rings. The van der Waals surface area contributed by atoms with Gasteiger partial charge in [0.25, 0.3) is 0 Å². The fourth-order valence-corrected chi connectivity index (χ4v) is 2.58. The Morgan fingerprint density at radius 2 is 2.00 bits per heavy atom. The monoisotopic (exact) mass is 186 g/mol. The first-order valence-corrected chi connectivity index (χ1v) is 5.91. The van der Waals surface area contributed by atoms with Crippen molar-refractivity contribution in [3.63, 3.8) is 0 Å². The van der Waals surface area contributed by atoms with Crippen molar-refractivity contribution in [1.82, 2.24) is 0 Å². The zero-order chi connectivity index (χ0) is 8.81. The average Bonchev–Trinajstić information content (AvgIpc) is 2.05. The lowest BCUT2D eigenvalue weighted by molar-refractivity contribution is -0.109. The highest BCUT2D eigenvalue weighted by Crippen LogP contribution is 2.27. The summed E-state index contributed by atoms with van der Waals surface area (Å²) in [4.78, 5) is 10.6. The molecule has 0 aromatic carbocycles. The number of carbonyl (C=O) groups is 1. The lowest BCUT2D eigenvalue weighted by Gasteiger charge is -2.20. The van der Waals surface area contributed by atoms with Crippen LogP contribution in [-0.4, -0.2) is 10.9 Å². The predicted octanol–water partition coefficient (Wildman–Crippen LogP) is 3.24. The van der Waals surface area contributed by atoms with Crippen LogP contribution in [0.2, 0.25) is 0 Å². The Labute approximate surface area is 79.3 Å². The van der Waals surface area contributed by atoms with Gasteiger partial charge < -0.3 is 0 Å². The van der Waals surface area contributed by atoms with E-state index in [9.17, 15) is 4.79 Å². The molecule has 0 spiro atoms. The van der Waals surface area contributed by atoms with Gasteiger partial charge >= 0.3 is 0 Å². The molecular formula is C10H18OS. The van der Waals surface area contributed by atoms with E-state index in [0.717, 1.165) is 11.7 Å². The highest BCUT2D eigenvalue weighted by atomic mass is 32.2.